The van der Waals surface area contributed by atoms with Crippen molar-refractivity contribution in [1.29, 1.82) is 5.26 Å². The molecule has 1 aliphatic heterocycles. The first-order valence-corrected chi connectivity index (χ1v) is 20.5. The second-order valence-electron chi connectivity index (χ2n) is 17.0. The maximum absolute atomic E-state index is 11.6. The number of benzene rings is 2. The number of aromatic nitrogens is 2. The van der Waals surface area contributed by atoms with Crippen molar-refractivity contribution >= 4 is 6.08 Å². The zero-order chi connectivity index (χ0) is 35.7. The van der Waals surface area contributed by atoms with E-state index in [0.29, 0.717) is 58.9 Å². The van der Waals surface area contributed by atoms with Crippen molar-refractivity contribution in [2.24, 2.45) is 41.4 Å². The Morgan fingerprint density at radius 3 is 2.63 bits per heavy atom. The summed E-state index contributed by atoms with van der Waals surface area (Å²) in [5.41, 5.74) is 5.70. The van der Waals surface area contributed by atoms with E-state index in [1.165, 1.54) is 61.8 Å². The molecule has 0 spiro atoms. The molecule has 4 fully saturated rings. The highest BCUT2D eigenvalue weighted by molar-refractivity contribution is 5.59. The van der Waals surface area contributed by atoms with Crippen molar-refractivity contribution in [3.63, 3.8) is 0 Å². The molecule has 2 heterocycles. The summed E-state index contributed by atoms with van der Waals surface area (Å²) < 4.78 is 8.80. The van der Waals surface area contributed by atoms with Gasteiger partial charge in [-0.1, -0.05) is 94.5 Å². The maximum atomic E-state index is 11.6. The summed E-state index contributed by atoms with van der Waals surface area (Å²) in [4.78, 5) is 4.51. The molecule has 5 aliphatic rings. The van der Waals surface area contributed by atoms with Gasteiger partial charge in [-0.2, -0.15) is 5.26 Å². The van der Waals surface area contributed by atoms with Gasteiger partial charge in [-0.3, -0.25) is 10.6 Å². The summed E-state index contributed by atoms with van der Waals surface area (Å²) in [5, 5.41) is 28.5. The number of aliphatic hydroxyl groups is 1. The number of imidazole rings is 1. The van der Waals surface area contributed by atoms with E-state index in [1.807, 2.05) is 36.8 Å². The zero-order valence-corrected chi connectivity index (χ0v) is 31.3. The van der Waals surface area contributed by atoms with Gasteiger partial charge in [-0.15, -0.1) is 0 Å². The van der Waals surface area contributed by atoms with Crippen LogP contribution in [0.25, 0.3) is 6.08 Å². The van der Waals surface area contributed by atoms with Gasteiger partial charge in [-0.05, 0) is 96.4 Å². The van der Waals surface area contributed by atoms with Crippen LogP contribution < -0.4 is 10.6 Å². The summed E-state index contributed by atoms with van der Waals surface area (Å²) in [5.74, 6) is 4.35. The second kappa shape index (κ2) is 15.6. The lowest BCUT2D eigenvalue weighted by atomic mass is 9.52. The predicted molar refractivity (Wildman–Crippen MR) is 206 cm³/mol. The van der Waals surface area contributed by atoms with Gasteiger partial charge in [0.15, 0.2) is 0 Å². The Morgan fingerprint density at radius 1 is 1.06 bits per heavy atom. The molecular formula is C45H59N5O2. The van der Waals surface area contributed by atoms with Gasteiger partial charge in [-0.25, -0.2) is 4.98 Å². The maximum Gasteiger partial charge on any atom is 0.146 e. The molecule has 10 atom stereocenters. The van der Waals surface area contributed by atoms with Gasteiger partial charge >= 0.3 is 0 Å². The van der Waals surface area contributed by atoms with Crippen LogP contribution in [0.3, 0.4) is 0 Å². The minimum Gasteiger partial charge on any atom is -0.378 e. The topological polar surface area (TPSA) is 98.4 Å². The predicted octanol–water partition coefficient (Wildman–Crippen LogP) is 8.04. The number of hydrogen-bond acceptors (Lipinski definition) is 6. The zero-order valence-electron chi connectivity index (χ0n) is 31.3. The molecule has 3 saturated carbocycles. The van der Waals surface area contributed by atoms with Crippen LogP contribution in [-0.2, 0) is 17.7 Å². The van der Waals surface area contributed by atoms with Crippen LogP contribution >= 0.6 is 0 Å². The quantitative estimate of drug-likeness (QED) is 0.103. The van der Waals surface area contributed by atoms with E-state index in [9.17, 15) is 10.4 Å². The molecule has 3 N–H and O–H groups in total. The van der Waals surface area contributed by atoms with E-state index in [-0.39, 0.29) is 5.72 Å². The van der Waals surface area contributed by atoms with E-state index in [0.717, 1.165) is 45.4 Å². The number of nitrogens with one attached hydrogen (secondary N) is 2. The molecule has 7 nitrogen and oxygen atoms in total. The van der Waals surface area contributed by atoms with Gasteiger partial charge in [0.25, 0.3) is 0 Å². The second-order valence-corrected chi connectivity index (χ2v) is 17.0. The Balaban J connectivity index is 0.976. The van der Waals surface area contributed by atoms with Gasteiger partial charge in [0.2, 0.25) is 0 Å². The molecule has 7 heteroatoms. The van der Waals surface area contributed by atoms with Crippen molar-refractivity contribution in [3.8, 4) is 6.07 Å². The number of fused-ring (bicyclic) bond motifs is 3. The Hall–Kier alpha value is -3.28. The minimum absolute atomic E-state index is 0.302. The summed E-state index contributed by atoms with van der Waals surface area (Å²) in [6.07, 6.45) is 21.3. The Kier molecular flexibility index (Phi) is 10.7. The standard InChI is InChI=1S/C45H59N5O2/c1-3-9-38-40(24-41(38)44(51)49-35-11-5-4-6-12-35)42(22-30(2)39-23-34-19-18-33-10-7-8-13-37(33)43(34)39)45(28-52-45)48-21-20-36-26-47-29-50(36)27-32-16-14-31(25-46)15-17-32/h7-8,10,13-19,26,29-30,34-35,38-44,48-49,51H,3-6,9,11-12,20-24,27-28H2,1-2H3/t30-,34?,38?,39?,40?,41?,42?,43?,44?,45?/m1/s1. The number of ether oxygens (including phenoxy) is 1. The largest absolute Gasteiger partial charge is 0.378 e. The highest BCUT2D eigenvalue weighted by Gasteiger charge is 2.60. The fourth-order valence-corrected chi connectivity index (χ4v) is 11.0. The fourth-order valence-electron chi connectivity index (χ4n) is 11.0. The van der Waals surface area contributed by atoms with Crippen molar-refractivity contribution in [3.05, 3.63) is 95.1 Å². The molecule has 1 aromatic heterocycles. The van der Waals surface area contributed by atoms with Crippen LogP contribution in [0.15, 0.2) is 67.1 Å². The number of rotatable bonds is 16. The summed E-state index contributed by atoms with van der Waals surface area (Å²) in [7, 11) is 0. The van der Waals surface area contributed by atoms with Crippen molar-refractivity contribution in [2.45, 2.75) is 115 Å². The number of allylic oxidation sites excluding steroid dienone is 1. The number of aliphatic hydroxyl groups excluding tert-OH is 1. The third-order valence-corrected chi connectivity index (χ3v) is 14.0. The lowest BCUT2D eigenvalue weighted by molar-refractivity contribution is -0.102. The third kappa shape index (κ3) is 7.29. The summed E-state index contributed by atoms with van der Waals surface area (Å²) in [6.45, 7) is 7.17. The molecule has 8 rings (SSSR count). The van der Waals surface area contributed by atoms with Gasteiger partial charge in [0.1, 0.15) is 12.0 Å². The number of hydrogen-bond donors (Lipinski definition) is 3. The van der Waals surface area contributed by atoms with Crippen LogP contribution in [-0.4, -0.2) is 45.8 Å². The van der Waals surface area contributed by atoms with Gasteiger partial charge in [0.05, 0.1) is 24.6 Å². The number of nitriles is 1. The van der Waals surface area contributed by atoms with E-state index < -0.39 is 6.23 Å². The summed E-state index contributed by atoms with van der Waals surface area (Å²) >= 11 is 0. The highest BCUT2D eigenvalue weighted by atomic mass is 16.6. The lowest BCUT2D eigenvalue weighted by Gasteiger charge is -2.54. The average molecular weight is 702 g/mol. The van der Waals surface area contributed by atoms with Crippen molar-refractivity contribution in [2.75, 3.05) is 13.2 Å². The normalized spacial score (nSPS) is 31.0. The third-order valence-electron chi connectivity index (χ3n) is 14.0. The lowest BCUT2D eigenvalue weighted by Crippen LogP contribution is -2.57. The Labute approximate surface area is 311 Å². The van der Waals surface area contributed by atoms with E-state index in [2.05, 4.69) is 76.5 Å². The van der Waals surface area contributed by atoms with Crippen molar-refractivity contribution < 1.29 is 9.84 Å². The molecule has 0 radical (unpaired) electrons. The van der Waals surface area contributed by atoms with E-state index in [4.69, 9.17) is 4.74 Å². The number of epoxide rings is 1. The molecule has 0 amide bonds. The molecule has 3 aromatic rings. The molecule has 9 unspecified atom stereocenters. The van der Waals surface area contributed by atoms with Crippen LogP contribution in [0.5, 0.6) is 0 Å². The highest BCUT2D eigenvalue weighted by Crippen LogP contribution is 2.59. The van der Waals surface area contributed by atoms with Crippen LogP contribution in [0.1, 0.15) is 112 Å². The first-order valence-electron chi connectivity index (χ1n) is 20.5. The first kappa shape index (κ1) is 35.7. The smallest absolute Gasteiger partial charge is 0.146 e. The Bertz CT molecular complexity index is 1720. The fraction of sp³-hybridized carbons (Fsp3) is 0.600. The molecule has 0 bridgehead atoms. The van der Waals surface area contributed by atoms with E-state index >= 15 is 0 Å². The number of nitrogens with zero attached hydrogens (tertiary/aromatic N) is 3. The monoisotopic (exact) mass is 701 g/mol. The molecule has 2 aromatic carbocycles. The molecule has 276 valence electrons. The average Bonchev–Trinajstić information content (AvgIpc) is 3.80. The molecule has 4 aliphatic carbocycles. The molecule has 52 heavy (non-hydrogen) atoms. The minimum atomic E-state index is -0.410. The van der Waals surface area contributed by atoms with Gasteiger partial charge < -0.3 is 14.4 Å². The van der Waals surface area contributed by atoms with Crippen molar-refractivity contribution in [1.82, 2.24) is 20.2 Å². The summed E-state index contributed by atoms with van der Waals surface area (Å²) in [6, 6.07) is 19.6. The van der Waals surface area contributed by atoms with Crippen LogP contribution in [0, 0.1) is 52.8 Å². The first-order chi connectivity index (χ1) is 25.5. The van der Waals surface area contributed by atoms with Crippen LogP contribution in [0.2, 0.25) is 0 Å². The Morgan fingerprint density at radius 2 is 1.87 bits per heavy atom. The molecular weight excluding hydrogens is 643 g/mol. The SMILES string of the molecule is CCCC1C(C(O)NC2CCCCC2)CC1C(C[C@@H](C)C1CC2C=Cc3ccccc3C21)C1(NCCc2cncn2Cc2ccc(C#N)cc2)CO1. The van der Waals surface area contributed by atoms with E-state index in [1.54, 1.807) is 5.56 Å². The molecule has 1 saturated heterocycles. The van der Waals surface area contributed by atoms with Gasteiger partial charge in [0, 0.05) is 49.3 Å². The van der Waals surface area contributed by atoms with Crippen LogP contribution in [0.4, 0.5) is 0 Å².